The van der Waals surface area contributed by atoms with E-state index in [2.05, 4.69) is 32.5 Å². The van der Waals surface area contributed by atoms with Gasteiger partial charge < -0.3 is 0 Å². The molecule has 0 aromatic heterocycles. The van der Waals surface area contributed by atoms with Crippen molar-refractivity contribution in [3.8, 4) is 0 Å². The van der Waals surface area contributed by atoms with Gasteiger partial charge in [0.25, 0.3) is 0 Å². The average Bonchev–Trinajstić information content (AvgIpc) is 2.11. The molecule has 0 aromatic carbocycles. The van der Waals surface area contributed by atoms with Gasteiger partial charge in [-0.25, -0.2) is 0 Å². The number of hydrogen-bond donors (Lipinski definition) is 0. The van der Waals surface area contributed by atoms with Crippen LogP contribution in [0.15, 0.2) is 0 Å². The number of thioether (sulfide) groups is 1. The molecule has 4 fully saturated rings. The molecular formula is C15H26S. The Hall–Kier alpha value is 0.350. The van der Waals surface area contributed by atoms with Crippen molar-refractivity contribution in [2.45, 2.75) is 76.2 Å². The van der Waals surface area contributed by atoms with Gasteiger partial charge in [0.05, 0.1) is 0 Å². The minimum Gasteiger partial charge on any atom is -0.155 e. The van der Waals surface area contributed by atoms with Crippen molar-refractivity contribution in [2.24, 2.45) is 16.7 Å². The molecule has 4 rings (SSSR count). The quantitative estimate of drug-likeness (QED) is 0.661. The van der Waals surface area contributed by atoms with Crippen LogP contribution in [0.1, 0.15) is 65.7 Å². The van der Waals surface area contributed by atoms with E-state index in [0.29, 0.717) is 5.41 Å². The second kappa shape index (κ2) is 3.67. The topological polar surface area (TPSA) is 0 Å². The molecular weight excluding hydrogens is 212 g/mol. The fourth-order valence-corrected chi connectivity index (χ4v) is 6.64. The maximum Gasteiger partial charge on any atom is 0.00577 e. The van der Waals surface area contributed by atoms with E-state index in [1.807, 2.05) is 0 Å². The lowest BCUT2D eigenvalue weighted by Crippen LogP contribution is -2.47. The summed E-state index contributed by atoms with van der Waals surface area (Å²) in [6.45, 7) is 7.22. The molecule has 2 saturated carbocycles. The Morgan fingerprint density at radius 2 is 1.69 bits per heavy atom. The number of rotatable bonds is 2. The highest BCUT2D eigenvalue weighted by atomic mass is 32.2. The smallest absolute Gasteiger partial charge is 0.00577 e. The second-order valence-electron chi connectivity index (χ2n) is 7.89. The normalized spacial score (nSPS) is 46.3. The lowest BCUT2D eigenvalue weighted by molar-refractivity contribution is 0.0532. The van der Waals surface area contributed by atoms with Crippen LogP contribution in [0.25, 0.3) is 0 Å². The molecule has 0 amide bonds. The van der Waals surface area contributed by atoms with E-state index in [1.54, 1.807) is 32.1 Å². The van der Waals surface area contributed by atoms with E-state index in [9.17, 15) is 0 Å². The zero-order valence-corrected chi connectivity index (χ0v) is 11.9. The van der Waals surface area contributed by atoms with Crippen LogP contribution < -0.4 is 0 Å². The van der Waals surface area contributed by atoms with Crippen molar-refractivity contribution >= 4 is 11.8 Å². The Balaban J connectivity index is 1.69. The number of hydrogen-bond acceptors (Lipinski definition) is 1. The first-order valence-corrected chi connectivity index (χ1v) is 8.04. The van der Waals surface area contributed by atoms with Crippen molar-refractivity contribution in [3.05, 3.63) is 0 Å². The maximum absolute atomic E-state index is 2.41. The van der Waals surface area contributed by atoms with Gasteiger partial charge in [-0.1, -0.05) is 20.8 Å². The van der Waals surface area contributed by atoms with Crippen molar-refractivity contribution in [1.29, 1.82) is 0 Å². The Labute approximate surface area is 105 Å². The molecule has 4 bridgehead atoms. The minimum absolute atomic E-state index is 0.538. The molecule has 4 aliphatic rings. The molecule has 0 N–H and O–H groups in total. The molecule has 2 aliphatic carbocycles. The molecule has 92 valence electrons. The van der Waals surface area contributed by atoms with Gasteiger partial charge in [-0.05, 0) is 61.7 Å². The molecule has 0 radical (unpaired) electrons. The van der Waals surface area contributed by atoms with E-state index < -0.39 is 0 Å². The Kier molecular flexibility index (Phi) is 2.62. The van der Waals surface area contributed by atoms with E-state index in [0.717, 1.165) is 21.8 Å². The van der Waals surface area contributed by atoms with Crippen molar-refractivity contribution in [3.63, 3.8) is 0 Å². The van der Waals surface area contributed by atoms with E-state index in [-0.39, 0.29) is 0 Å². The van der Waals surface area contributed by atoms with Gasteiger partial charge in [0, 0.05) is 10.5 Å². The van der Waals surface area contributed by atoms with Crippen LogP contribution in [0.3, 0.4) is 0 Å². The molecule has 2 aliphatic heterocycles. The summed E-state index contributed by atoms with van der Waals surface area (Å²) in [6.07, 6.45) is 10.7. The summed E-state index contributed by atoms with van der Waals surface area (Å²) in [4.78, 5) is 0. The summed E-state index contributed by atoms with van der Waals surface area (Å²) in [5.41, 5.74) is 1.32. The average molecular weight is 238 g/mol. The Bertz CT molecular complexity index is 238. The van der Waals surface area contributed by atoms with Crippen LogP contribution in [0.5, 0.6) is 0 Å². The second-order valence-corrected chi connectivity index (χ2v) is 9.50. The molecule has 0 aromatic rings. The van der Waals surface area contributed by atoms with Crippen LogP contribution in [-0.4, -0.2) is 10.5 Å². The summed E-state index contributed by atoms with van der Waals surface area (Å²) in [5, 5.41) is 2.09. The Morgan fingerprint density at radius 3 is 2.19 bits per heavy atom. The molecule has 2 atom stereocenters. The van der Waals surface area contributed by atoms with Crippen molar-refractivity contribution < 1.29 is 0 Å². The fourth-order valence-electron chi connectivity index (χ4n) is 4.43. The Morgan fingerprint density at radius 1 is 1.06 bits per heavy atom. The van der Waals surface area contributed by atoms with Crippen LogP contribution in [0.4, 0.5) is 0 Å². The monoisotopic (exact) mass is 238 g/mol. The highest BCUT2D eigenvalue weighted by molar-refractivity contribution is 8.00. The lowest BCUT2D eigenvalue weighted by atomic mass is 9.58. The van der Waals surface area contributed by atoms with E-state index >= 15 is 0 Å². The molecule has 1 heteroatoms. The highest BCUT2D eigenvalue weighted by Gasteiger charge is 2.51. The van der Waals surface area contributed by atoms with Gasteiger partial charge in [-0.15, -0.1) is 0 Å². The van der Waals surface area contributed by atoms with Gasteiger partial charge >= 0.3 is 0 Å². The summed E-state index contributed by atoms with van der Waals surface area (Å²) in [5.74, 6) is 1.11. The first-order chi connectivity index (χ1) is 7.44. The molecule has 2 unspecified atom stereocenters. The van der Waals surface area contributed by atoms with E-state index in [1.165, 1.54) is 12.8 Å². The maximum atomic E-state index is 2.41. The molecule has 0 nitrogen and oxygen atoms in total. The molecule has 2 saturated heterocycles. The first-order valence-electron chi connectivity index (χ1n) is 7.10. The molecule has 16 heavy (non-hydrogen) atoms. The van der Waals surface area contributed by atoms with Crippen LogP contribution in [-0.2, 0) is 0 Å². The summed E-state index contributed by atoms with van der Waals surface area (Å²) in [7, 11) is 0. The lowest BCUT2D eigenvalue weighted by Gasteiger charge is -2.57. The summed E-state index contributed by atoms with van der Waals surface area (Å²) < 4.78 is 0. The van der Waals surface area contributed by atoms with Crippen molar-refractivity contribution in [2.75, 3.05) is 0 Å². The van der Waals surface area contributed by atoms with Crippen LogP contribution >= 0.6 is 11.8 Å². The SMILES string of the molecule is CC(C)(C)CCC12CC3CC(C1)SC(C3)C2. The predicted molar refractivity (Wildman–Crippen MR) is 72.9 cm³/mol. The highest BCUT2D eigenvalue weighted by Crippen LogP contribution is 2.62. The summed E-state index contributed by atoms with van der Waals surface area (Å²) >= 11 is 2.34. The zero-order valence-electron chi connectivity index (χ0n) is 11.1. The summed E-state index contributed by atoms with van der Waals surface area (Å²) in [6, 6.07) is 0. The van der Waals surface area contributed by atoms with Gasteiger partial charge in [0.2, 0.25) is 0 Å². The third-order valence-electron chi connectivity index (χ3n) is 5.03. The van der Waals surface area contributed by atoms with Crippen LogP contribution in [0.2, 0.25) is 0 Å². The largest absolute Gasteiger partial charge is 0.155 e. The minimum atomic E-state index is 0.538. The van der Waals surface area contributed by atoms with Gasteiger partial charge in [0.15, 0.2) is 0 Å². The predicted octanol–water partition coefficient (Wildman–Crippen LogP) is 4.88. The van der Waals surface area contributed by atoms with Gasteiger partial charge in [-0.3, -0.25) is 0 Å². The van der Waals surface area contributed by atoms with Gasteiger partial charge in [0.1, 0.15) is 0 Å². The van der Waals surface area contributed by atoms with Crippen LogP contribution in [0, 0.1) is 16.7 Å². The third kappa shape index (κ3) is 2.17. The standard InChI is InChI=1S/C15H26S/c1-14(2,3)4-5-15-8-11-6-12(9-15)16-13(7-11)10-15/h11-13H,4-10H2,1-3H3. The van der Waals surface area contributed by atoms with E-state index in [4.69, 9.17) is 0 Å². The third-order valence-corrected chi connectivity index (χ3v) is 6.51. The first kappa shape index (κ1) is 11.4. The fraction of sp³-hybridized carbons (Fsp3) is 1.00. The molecule has 2 heterocycles. The van der Waals surface area contributed by atoms with Crippen molar-refractivity contribution in [1.82, 2.24) is 0 Å². The van der Waals surface area contributed by atoms with Gasteiger partial charge in [-0.2, -0.15) is 11.8 Å². The zero-order chi connectivity index (χ0) is 11.4. The molecule has 0 spiro atoms.